The van der Waals surface area contributed by atoms with Crippen LogP contribution in [0, 0.1) is 5.82 Å². The zero-order chi connectivity index (χ0) is 16.8. The quantitative estimate of drug-likeness (QED) is 0.732. The van der Waals surface area contributed by atoms with Crippen LogP contribution in [0.15, 0.2) is 77.4 Å². The van der Waals surface area contributed by atoms with Gasteiger partial charge in [0.05, 0.1) is 6.26 Å². The Morgan fingerprint density at radius 1 is 1.04 bits per heavy atom. The summed E-state index contributed by atoms with van der Waals surface area (Å²) >= 11 is 0. The van der Waals surface area contributed by atoms with E-state index in [1.807, 2.05) is 47.8 Å². The topological polar surface area (TPSA) is 58.9 Å². The van der Waals surface area contributed by atoms with E-state index in [4.69, 9.17) is 4.42 Å². The first-order valence-corrected chi connectivity index (χ1v) is 7.69. The Labute approximate surface area is 139 Å². The molecular formula is C19H18FN2O2+. The van der Waals surface area contributed by atoms with Gasteiger partial charge >= 0.3 is 0 Å². The van der Waals surface area contributed by atoms with Gasteiger partial charge in [0.25, 0.3) is 5.91 Å². The number of furan rings is 1. The highest BCUT2D eigenvalue weighted by molar-refractivity contribution is 5.91. The van der Waals surface area contributed by atoms with Crippen molar-refractivity contribution in [1.29, 1.82) is 0 Å². The lowest BCUT2D eigenvalue weighted by atomic mass is 10.0. The highest BCUT2D eigenvalue weighted by Gasteiger charge is 2.21. The minimum atomic E-state index is -0.332. The van der Waals surface area contributed by atoms with Gasteiger partial charge in [0.2, 0.25) is 0 Å². The molecule has 24 heavy (non-hydrogen) atoms. The van der Waals surface area contributed by atoms with Crippen molar-refractivity contribution in [3.63, 3.8) is 0 Å². The van der Waals surface area contributed by atoms with Crippen molar-refractivity contribution in [2.45, 2.75) is 6.04 Å². The summed E-state index contributed by atoms with van der Waals surface area (Å²) in [5.41, 5.74) is 1.63. The second-order valence-electron chi connectivity index (χ2n) is 5.40. The summed E-state index contributed by atoms with van der Waals surface area (Å²) in [5.74, 6) is 0.298. The monoisotopic (exact) mass is 325 g/mol. The molecule has 122 valence electrons. The van der Waals surface area contributed by atoms with Gasteiger partial charge in [-0.05, 0) is 36.4 Å². The number of amides is 1. The van der Waals surface area contributed by atoms with Crippen LogP contribution < -0.4 is 10.6 Å². The highest BCUT2D eigenvalue weighted by Crippen LogP contribution is 2.18. The molecule has 0 saturated heterocycles. The Bertz CT molecular complexity index is 771. The first-order valence-electron chi connectivity index (χ1n) is 7.69. The summed E-state index contributed by atoms with van der Waals surface area (Å²) in [4.78, 5) is 12.1. The number of quaternary nitrogens is 1. The van der Waals surface area contributed by atoms with Crippen LogP contribution >= 0.6 is 0 Å². The molecule has 0 radical (unpaired) electrons. The number of nitrogens with two attached hydrogens (primary N) is 1. The molecule has 1 amide bonds. The van der Waals surface area contributed by atoms with Crippen LogP contribution in [0.5, 0.6) is 0 Å². The van der Waals surface area contributed by atoms with E-state index in [1.165, 1.54) is 24.3 Å². The Morgan fingerprint density at radius 2 is 1.79 bits per heavy atom. The molecule has 0 spiro atoms. The molecule has 0 saturated carbocycles. The zero-order valence-electron chi connectivity index (χ0n) is 13.0. The number of nitrogens with one attached hydrogen (secondary N) is 1. The van der Waals surface area contributed by atoms with Gasteiger partial charge < -0.3 is 15.1 Å². The van der Waals surface area contributed by atoms with E-state index >= 15 is 0 Å². The summed E-state index contributed by atoms with van der Waals surface area (Å²) in [7, 11) is 0. The lowest BCUT2D eigenvalue weighted by molar-refractivity contribution is -0.678. The van der Waals surface area contributed by atoms with Gasteiger partial charge in [-0.2, -0.15) is 0 Å². The smallest absolute Gasteiger partial charge is 0.279 e. The average molecular weight is 325 g/mol. The van der Waals surface area contributed by atoms with E-state index in [0.717, 1.165) is 11.3 Å². The number of anilines is 1. The third kappa shape index (κ3) is 4.08. The predicted octanol–water partition coefficient (Wildman–Crippen LogP) is 2.71. The van der Waals surface area contributed by atoms with E-state index in [9.17, 15) is 9.18 Å². The molecule has 0 unspecified atom stereocenters. The van der Waals surface area contributed by atoms with Crippen LogP contribution in [0.1, 0.15) is 17.4 Å². The van der Waals surface area contributed by atoms with E-state index in [-0.39, 0.29) is 24.3 Å². The standard InChI is InChI=1S/C19H17FN2O2/c20-15-8-10-16(11-9-15)22-18(23)13-21-19(17-7-4-12-24-17)14-5-2-1-3-6-14/h1-12,19,21H,13H2,(H,22,23)/p+1/t19-/m1/s1. The van der Waals surface area contributed by atoms with Gasteiger partial charge in [-0.1, -0.05) is 30.3 Å². The molecule has 0 aliphatic carbocycles. The van der Waals surface area contributed by atoms with Crippen molar-refractivity contribution in [1.82, 2.24) is 0 Å². The van der Waals surface area contributed by atoms with E-state index in [1.54, 1.807) is 6.26 Å². The first kappa shape index (κ1) is 16.0. The molecule has 5 heteroatoms. The molecule has 3 aromatic rings. The molecule has 3 rings (SSSR count). The SMILES string of the molecule is O=C(C[NH2+][C@H](c1ccccc1)c1ccco1)Nc1ccc(F)cc1. The van der Waals surface area contributed by atoms with Gasteiger partial charge in [-0.25, -0.2) is 4.39 Å². The molecular weight excluding hydrogens is 307 g/mol. The molecule has 4 nitrogen and oxygen atoms in total. The first-order chi connectivity index (χ1) is 11.7. The van der Waals surface area contributed by atoms with E-state index in [2.05, 4.69) is 5.32 Å². The fourth-order valence-corrected chi connectivity index (χ4v) is 2.52. The van der Waals surface area contributed by atoms with Gasteiger partial charge in [0, 0.05) is 11.3 Å². The molecule has 1 aromatic heterocycles. The summed E-state index contributed by atoms with van der Waals surface area (Å²) in [6.07, 6.45) is 1.62. The zero-order valence-corrected chi connectivity index (χ0v) is 13.0. The minimum absolute atomic E-state index is 0.0971. The third-order valence-corrected chi connectivity index (χ3v) is 3.68. The predicted molar refractivity (Wildman–Crippen MR) is 88.8 cm³/mol. The van der Waals surface area contributed by atoms with Crippen molar-refractivity contribution in [3.05, 3.63) is 90.1 Å². The number of halogens is 1. The van der Waals surface area contributed by atoms with Crippen LogP contribution in [0.25, 0.3) is 0 Å². The van der Waals surface area contributed by atoms with Crippen molar-refractivity contribution in [2.75, 3.05) is 11.9 Å². The molecule has 3 N–H and O–H groups in total. The fraction of sp³-hybridized carbons (Fsp3) is 0.105. The average Bonchev–Trinajstić information content (AvgIpc) is 3.12. The Balaban J connectivity index is 1.65. The maximum atomic E-state index is 12.9. The van der Waals surface area contributed by atoms with Gasteiger partial charge in [0.1, 0.15) is 5.82 Å². The maximum Gasteiger partial charge on any atom is 0.279 e. The fourth-order valence-electron chi connectivity index (χ4n) is 2.52. The lowest BCUT2D eigenvalue weighted by Gasteiger charge is -2.14. The summed E-state index contributed by atoms with van der Waals surface area (Å²) < 4.78 is 18.4. The minimum Gasteiger partial charge on any atom is -0.463 e. The van der Waals surface area contributed by atoms with Crippen LogP contribution in [0.4, 0.5) is 10.1 Å². The molecule has 1 heterocycles. The molecule has 2 aromatic carbocycles. The van der Waals surface area contributed by atoms with Crippen LogP contribution in [-0.2, 0) is 4.79 Å². The van der Waals surface area contributed by atoms with Crippen molar-refractivity contribution in [2.24, 2.45) is 0 Å². The number of hydrogen-bond donors (Lipinski definition) is 2. The van der Waals surface area contributed by atoms with E-state index in [0.29, 0.717) is 5.69 Å². The van der Waals surface area contributed by atoms with Crippen molar-refractivity contribution < 1.29 is 18.9 Å². The molecule has 0 aliphatic rings. The molecule has 1 atom stereocenters. The number of rotatable bonds is 6. The third-order valence-electron chi connectivity index (χ3n) is 3.68. The molecule has 0 fully saturated rings. The molecule has 0 aliphatic heterocycles. The van der Waals surface area contributed by atoms with Crippen molar-refractivity contribution in [3.8, 4) is 0 Å². The second-order valence-corrected chi connectivity index (χ2v) is 5.40. The Morgan fingerprint density at radius 3 is 2.46 bits per heavy atom. The highest BCUT2D eigenvalue weighted by atomic mass is 19.1. The summed E-state index contributed by atoms with van der Waals surface area (Å²) in [6, 6.07) is 19.2. The normalized spacial score (nSPS) is 11.9. The van der Waals surface area contributed by atoms with Gasteiger partial charge in [-0.15, -0.1) is 0 Å². The van der Waals surface area contributed by atoms with Gasteiger partial charge in [-0.3, -0.25) is 4.79 Å². The molecule has 0 bridgehead atoms. The van der Waals surface area contributed by atoms with Crippen LogP contribution in [0.3, 0.4) is 0 Å². The van der Waals surface area contributed by atoms with Crippen LogP contribution in [0.2, 0.25) is 0 Å². The number of hydrogen-bond acceptors (Lipinski definition) is 2. The van der Waals surface area contributed by atoms with Gasteiger partial charge in [0.15, 0.2) is 18.3 Å². The number of carbonyl (C=O) groups is 1. The summed E-state index contributed by atoms with van der Waals surface area (Å²) in [6.45, 7) is 0.220. The maximum absolute atomic E-state index is 12.9. The van der Waals surface area contributed by atoms with Crippen molar-refractivity contribution >= 4 is 11.6 Å². The number of benzene rings is 2. The van der Waals surface area contributed by atoms with E-state index < -0.39 is 0 Å². The lowest BCUT2D eigenvalue weighted by Crippen LogP contribution is -2.87. The largest absolute Gasteiger partial charge is 0.463 e. The Kier molecular flexibility index (Phi) is 5.03. The number of carbonyl (C=O) groups excluding carboxylic acids is 1. The summed E-state index contributed by atoms with van der Waals surface area (Å²) in [5, 5.41) is 4.66. The second kappa shape index (κ2) is 7.57. The Hall–Kier alpha value is -2.92. The van der Waals surface area contributed by atoms with Crippen LogP contribution in [-0.4, -0.2) is 12.5 Å².